The number of hydrogen-bond donors (Lipinski definition) is 1. The number of aliphatic hydroxyl groups is 1. The lowest BCUT2D eigenvalue weighted by atomic mass is 9.90. The number of nitrogens with zero attached hydrogens (tertiary/aromatic N) is 5. The predicted molar refractivity (Wildman–Crippen MR) is 121 cm³/mol. The maximum Gasteiger partial charge on any atom is 0.281 e. The molecule has 166 valence electrons. The Bertz CT molecular complexity index is 1230. The number of terminal acetylenes is 1. The summed E-state index contributed by atoms with van der Waals surface area (Å²) in [5.41, 5.74) is 0.727. The van der Waals surface area contributed by atoms with Crippen LogP contribution in [0.15, 0.2) is 41.5 Å². The molecule has 0 bridgehead atoms. The first kappa shape index (κ1) is 21.8. The largest absolute Gasteiger partial charge is 0.388 e. The molecule has 1 N–H and O–H groups in total. The van der Waals surface area contributed by atoms with Gasteiger partial charge in [-0.2, -0.15) is 5.10 Å². The highest BCUT2D eigenvalue weighted by Gasteiger charge is 2.35. The number of carbonyl (C=O) groups is 1. The Kier molecular flexibility index (Phi) is 5.85. The molecule has 1 aliphatic heterocycles. The summed E-state index contributed by atoms with van der Waals surface area (Å²) in [7, 11) is 1.67. The summed E-state index contributed by atoms with van der Waals surface area (Å²) in [6.07, 6.45) is 8.10. The summed E-state index contributed by atoms with van der Waals surface area (Å²) in [4.78, 5) is 31.7. The van der Waals surface area contributed by atoms with Crippen LogP contribution in [-0.2, 0) is 18.4 Å². The van der Waals surface area contributed by atoms with Gasteiger partial charge >= 0.3 is 0 Å². The van der Waals surface area contributed by atoms with Gasteiger partial charge in [-0.05, 0) is 30.2 Å². The molecule has 1 unspecified atom stereocenters. The van der Waals surface area contributed by atoms with E-state index < -0.39 is 5.60 Å². The first-order valence-electron chi connectivity index (χ1n) is 10.8. The third kappa shape index (κ3) is 4.16. The molecule has 1 atom stereocenters. The van der Waals surface area contributed by atoms with Crippen LogP contribution in [0.3, 0.4) is 0 Å². The SMILES string of the molecule is C#Cc1c2ncn(CC3(O)CCN(C(=O)CC(C)c4ccccc4)CC3)c(=O)c2nn1C. The van der Waals surface area contributed by atoms with Crippen molar-refractivity contribution < 1.29 is 9.90 Å². The quantitative estimate of drug-likeness (QED) is 0.618. The first-order valence-corrected chi connectivity index (χ1v) is 10.8. The monoisotopic (exact) mass is 433 g/mol. The molecule has 0 radical (unpaired) electrons. The van der Waals surface area contributed by atoms with Crippen LogP contribution in [0.4, 0.5) is 0 Å². The van der Waals surface area contributed by atoms with E-state index in [-0.39, 0.29) is 29.4 Å². The van der Waals surface area contributed by atoms with E-state index in [0.29, 0.717) is 43.6 Å². The fourth-order valence-corrected chi connectivity index (χ4v) is 4.31. The van der Waals surface area contributed by atoms with Gasteiger partial charge in [-0.3, -0.25) is 18.8 Å². The van der Waals surface area contributed by atoms with Gasteiger partial charge in [0, 0.05) is 26.6 Å². The molecule has 1 aliphatic rings. The average molecular weight is 434 g/mol. The van der Waals surface area contributed by atoms with Crippen LogP contribution in [0.5, 0.6) is 0 Å². The van der Waals surface area contributed by atoms with Crippen molar-refractivity contribution in [3.05, 3.63) is 58.3 Å². The van der Waals surface area contributed by atoms with Crippen molar-refractivity contribution in [2.75, 3.05) is 13.1 Å². The lowest BCUT2D eigenvalue weighted by Crippen LogP contribution is -2.49. The Morgan fingerprint density at radius 1 is 1.25 bits per heavy atom. The number of benzene rings is 1. The lowest BCUT2D eigenvalue weighted by molar-refractivity contribution is -0.136. The smallest absolute Gasteiger partial charge is 0.281 e. The van der Waals surface area contributed by atoms with E-state index in [2.05, 4.69) is 16.0 Å². The molecule has 3 aromatic rings. The third-order valence-corrected chi connectivity index (χ3v) is 6.31. The Morgan fingerprint density at radius 3 is 2.59 bits per heavy atom. The summed E-state index contributed by atoms with van der Waals surface area (Å²) >= 11 is 0. The Balaban J connectivity index is 1.41. The van der Waals surface area contributed by atoms with Gasteiger partial charge < -0.3 is 10.0 Å². The maximum absolute atomic E-state index is 12.9. The first-order chi connectivity index (χ1) is 15.3. The number of amides is 1. The molecule has 2 aromatic heterocycles. The number of likely N-dealkylation sites (tertiary alicyclic amines) is 1. The van der Waals surface area contributed by atoms with Crippen LogP contribution in [0, 0.1) is 12.3 Å². The van der Waals surface area contributed by atoms with E-state index in [1.165, 1.54) is 15.6 Å². The van der Waals surface area contributed by atoms with Crippen molar-refractivity contribution in [2.45, 2.75) is 44.2 Å². The lowest BCUT2D eigenvalue weighted by Gasteiger charge is -2.38. The van der Waals surface area contributed by atoms with Gasteiger partial charge in [0.1, 0.15) is 11.2 Å². The number of carbonyl (C=O) groups excluding carboxylic acids is 1. The third-order valence-electron chi connectivity index (χ3n) is 6.31. The Morgan fingerprint density at radius 2 is 1.94 bits per heavy atom. The fraction of sp³-hybridized carbons (Fsp3) is 0.417. The number of rotatable bonds is 5. The van der Waals surface area contributed by atoms with Crippen molar-refractivity contribution in [1.29, 1.82) is 0 Å². The predicted octanol–water partition coefficient (Wildman–Crippen LogP) is 1.66. The summed E-state index contributed by atoms with van der Waals surface area (Å²) in [5, 5.41) is 15.3. The second kappa shape index (κ2) is 8.60. The molecule has 1 aromatic carbocycles. The second-order valence-corrected chi connectivity index (χ2v) is 8.61. The molecule has 1 saturated heterocycles. The van der Waals surface area contributed by atoms with Crippen LogP contribution in [0.1, 0.15) is 43.4 Å². The molecular formula is C24H27N5O3. The summed E-state index contributed by atoms with van der Waals surface area (Å²) in [5.74, 6) is 2.71. The molecule has 0 saturated carbocycles. The molecule has 3 heterocycles. The molecule has 4 rings (SSSR count). The van der Waals surface area contributed by atoms with Crippen LogP contribution in [0.25, 0.3) is 11.0 Å². The summed E-state index contributed by atoms with van der Waals surface area (Å²) < 4.78 is 2.84. The molecule has 1 fully saturated rings. The molecule has 0 spiro atoms. The molecular weight excluding hydrogens is 406 g/mol. The van der Waals surface area contributed by atoms with Crippen LogP contribution in [-0.4, -0.2) is 53.9 Å². The van der Waals surface area contributed by atoms with Gasteiger partial charge in [0.15, 0.2) is 5.52 Å². The van der Waals surface area contributed by atoms with Gasteiger partial charge in [-0.25, -0.2) is 4.98 Å². The van der Waals surface area contributed by atoms with Crippen molar-refractivity contribution in [1.82, 2.24) is 24.2 Å². The van der Waals surface area contributed by atoms with E-state index in [1.54, 1.807) is 11.9 Å². The van der Waals surface area contributed by atoms with Crippen LogP contribution in [0.2, 0.25) is 0 Å². The Hall–Kier alpha value is -3.44. The van der Waals surface area contributed by atoms with Crippen molar-refractivity contribution in [3.8, 4) is 12.3 Å². The number of aryl methyl sites for hydroxylation is 1. The highest BCUT2D eigenvalue weighted by molar-refractivity contribution is 5.79. The van der Waals surface area contributed by atoms with E-state index in [0.717, 1.165) is 5.56 Å². The molecule has 8 heteroatoms. The summed E-state index contributed by atoms with van der Waals surface area (Å²) in [6, 6.07) is 9.98. The highest BCUT2D eigenvalue weighted by atomic mass is 16.3. The fourth-order valence-electron chi connectivity index (χ4n) is 4.31. The molecule has 1 amide bonds. The van der Waals surface area contributed by atoms with E-state index in [4.69, 9.17) is 6.42 Å². The maximum atomic E-state index is 12.9. The molecule has 8 nitrogen and oxygen atoms in total. The van der Waals surface area contributed by atoms with E-state index >= 15 is 0 Å². The zero-order valence-corrected chi connectivity index (χ0v) is 18.4. The van der Waals surface area contributed by atoms with Gasteiger partial charge in [0.25, 0.3) is 5.56 Å². The molecule has 32 heavy (non-hydrogen) atoms. The topological polar surface area (TPSA) is 93.2 Å². The zero-order chi connectivity index (χ0) is 22.9. The summed E-state index contributed by atoms with van der Waals surface area (Å²) in [6.45, 7) is 3.05. The van der Waals surface area contributed by atoms with Crippen molar-refractivity contribution in [2.24, 2.45) is 7.05 Å². The van der Waals surface area contributed by atoms with Crippen molar-refractivity contribution in [3.63, 3.8) is 0 Å². The Labute approximate surface area is 186 Å². The number of aromatic nitrogens is 4. The minimum Gasteiger partial charge on any atom is -0.388 e. The van der Waals surface area contributed by atoms with E-state index in [9.17, 15) is 14.7 Å². The standard InChI is InChI=1S/C24H27N5O3/c1-4-19-21-22(26-27(19)3)23(31)29(16-25-21)15-24(32)10-12-28(13-11-24)20(30)14-17(2)18-8-6-5-7-9-18/h1,5-9,16-17,32H,10-15H2,2-3H3. The minimum absolute atomic E-state index is 0.0824. The van der Waals surface area contributed by atoms with Crippen LogP contribution >= 0.6 is 0 Å². The zero-order valence-electron chi connectivity index (χ0n) is 18.4. The van der Waals surface area contributed by atoms with Crippen molar-refractivity contribution >= 4 is 16.9 Å². The highest BCUT2D eigenvalue weighted by Crippen LogP contribution is 2.26. The number of piperidine rings is 1. The number of fused-ring (bicyclic) bond motifs is 1. The van der Waals surface area contributed by atoms with Gasteiger partial charge in [-0.15, -0.1) is 6.42 Å². The molecule has 0 aliphatic carbocycles. The second-order valence-electron chi connectivity index (χ2n) is 8.61. The van der Waals surface area contributed by atoms with Gasteiger partial charge in [0.2, 0.25) is 5.91 Å². The van der Waals surface area contributed by atoms with Gasteiger partial charge in [-0.1, -0.05) is 37.3 Å². The van der Waals surface area contributed by atoms with Gasteiger partial charge in [0.05, 0.1) is 18.5 Å². The van der Waals surface area contributed by atoms with Crippen LogP contribution < -0.4 is 5.56 Å². The minimum atomic E-state index is -1.09. The van der Waals surface area contributed by atoms with E-state index in [1.807, 2.05) is 37.3 Å². The number of hydrogen-bond acceptors (Lipinski definition) is 5. The normalized spacial score (nSPS) is 16.6. The average Bonchev–Trinajstić information content (AvgIpc) is 3.12.